The van der Waals surface area contributed by atoms with Crippen molar-refractivity contribution in [1.29, 1.82) is 0 Å². The number of alkyl carbamates (subject to hydrolysis) is 1. The molecular formula is C22H30N2O5. The third kappa shape index (κ3) is 6.93. The highest BCUT2D eigenvalue weighted by Gasteiger charge is 2.41. The van der Waals surface area contributed by atoms with Gasteiger partial charge in [0.2, 0.25) is 0 Å². The monoisotopic (exact) mass is 402 g/mol. The summed E-state index contributed by atoms with van der Waals surface area (Å²) in [6.45, 7) is 9.04. The van der Waals surface area contributed by atoms with E-state index in [-0.39, 0.29) is 6.61 Å². The van der Waals surface area contributed by atoms with E-state index in [9.17, 15) is 14.4 Å². The summed E-state index contributed by atoms with van der Waals surface area (Å²) in [7, 11) is 0. The first kappa shape index (κ1) is 22.5. The lowest BCUT2D eigenvalue weighted by atomic mass is 10.0. The van der Waals surface area contributed by atoms with Crippen molar-refractivity contribution in [3.05, 3.63) is 48.6 Å². The number of nitrogens with zero attached hydrogens (tertiary/aromatic N) is 1. The number of hydrogen-bond donors (Lipinski definition) is 1. The molecule has 0 spiro atoms. The van der Waals surface area contributed by atoms with Crippen LogP contribution in [-0.4, -0.2) is 47.3 Å². The number of allylic oxidation sites excluding steroid dienone is 1. The minimum Gasteiger partial charge on any atom is -0.447 e. The Bertz CT molecular complexity index is 726. The van der Waals surface area contributed by atoms with Gasteiger partial charge in [0, 0.05) is 0 Å². The fourth-order valence-electron chi connectivity index (χ4n) is 3.11. The molecule has 0 aliphatic carbocycles. The van der Waals surface area contributed by atoms with Gasteiger partial charge in [-0.25, -0.2) is 14.5 Å². The topological polar surface area (TPSA) is 84.9 Å². The van der Waals surface area contributed by atoms with Crippen LogP contribution in [0.4, 0.5) is 9.59 Å². The number of unbranched alkanes of at least 4 members (excludes halogenated alkanes) is 1. The van der Waals surface area contributed by atoms with Crippen molar-refractivity contribution < 1.29 is 23.9 Å². The molecule has 0 radical (unpaired) electrons. The average Bonchev–Trinajstić information content (AvgIpc) is 3.00. The number of rotatable bonds is 8. The zero-order valence-electron chi connectivity index (χ0n) is 17.3. The summed E-state index contributed by atoms with van der Waals surface area (Å²) in [6.07, 6.45) is 2.56. The molecule has 0 saturated carbocycles. The zero-order chi connectivity index (χ0) is 21.4. The van der Waals surface area contributed by atoms with Gasteiger partial charge >= 0.3 is 12.2 Å². The number of carbonyl (C=O) groups excluding carboxylic acids is 3. The van der Waals surface area contributed by atoms with E-state index in [0.717, 1.165) is 10.5 Å². The molecule has 7 heteroatoms. The van der Waals surface area contributed by atoms with E-state index in [0.29, 0.717) is 25.7 Å². The number of ether oxygens (including phenoxy) is 2. The summed E-state index contributed by atoms with van der Waals surface area (Å²) < 4.78 is 10.4. The van der Waals surface area contributed by atoms with Crippen LogP contribution in [0.25, 0.3) is 0 Å². The Morgan fingerprint density at radius 3 is 2.66 bits per heavy atom. The van der Waals surface area contributed by atoms with Gasteiger partial charge in [0.1, 0.15) is 18.2 Å². The number of cyclic esters (lactones) is 1. The molecule has 1 fully saturated rings. The predicted octanol–water partition coefficient (Wildman–Crippen LogP) is 3.83. The molecule has 2 rings (SSSR count). The molecule has 2 atom stereocenters. The van der Waals surface area contributed by atoms with Gasteiger partial charge in [0.05, 0.1) is 6.04 Å². The van der Waals surface area contributed by atoms with Crippen molar-refractivity contribution in [1.82, 2.24) is 10.2 Å². The standard InChI is InChI=1S/C22H30N2O5/c1-5-6-8-13-18(23-20(26)29-22(2,3)4)19(25)24-17(15-28-21(24)27)14-16-11-9-7-10-12-16/h5,7,9-12,17-18H,1,6,8,13-15H2,2-4H3,(H,23,26)/t17-,18-/m0/s1. The van der Waals surface area contributed by atoms with Crippen molar-refractivity contribution >= 4 is 18.1 Å². The lowest BCUT2D eigenvalue weighted by molar-refractivity contribution is -0.131. The van der Waals surface area contributed by atoms with Gasteiger partial charge in [-0.15, -0.1) is 6.58 Å². The molecule has 7 nitrogen and oxygen atoms in total. The van der Waals surface area contributed by atoms with Crippen LogP contribution in [0.15, 0.2) is 43.0 Å². The van der Waals surface area contributed by atoms with Crippen molar-refractivity contribution in [2.24, 2.45) is 0 Å². The van der Waals surface area contributed by atoms with Crippen LogP contribution in [0.5, 0.6) is 0 Å². The Labute approximate surface area is 172 Å². The number of benzene rings is 1. The highest BCUT2D eigenvalue weighted by molar-refractivity contribution is 5.97. The maximum absolute atomic E-state index is 13.2. The second kappa shape index (κ2) is 10.1. The van der Waals surface area contributed by atoms with E-state index >= 15 is 0 Å². The molecule has 1 N–H and O–H groups in total. The first-order valence-electron chi connectivity index (χ1n) is 9.85. The lowest BCUT2D eigenvalue weighted by Crippen LogP contribution is -2.52. The van der Waals surface area contributed by atoms with Crippen LogP contribution in [0.1, 0.15) is 45.6 Å². The Kier molecular flexibility index (Phi) is 7.82. The molecule has 1 aromatic rings. The highest BCUT2D eigenvalue weighted by Crippen LogP contribution is 2.20. The Morgan fingerprint density at radius 2 is 2.03 bits per heavy atom. The zero-order valence-corrected chi connectivity index (χ0v) is 17.3. The number of imide groups is 1. The maximum Gasteiger partial charge on any atom is 0.417 e. The third-order valence-corrected chi connectivity index (χ3v) is 4.40. The van der Waals surface area contributed by atoms with Crippen molar-refractivity contribution in [2.45, 2.75) is 64.1 Å². The summed E-state index contributed by atoms with van der Waals surface area (Å²) in [4.78, 5) is 38.8. The second-order valence-corrected chi connectivity index (χ2v) is 8.05. The van der Waals surface area contributed by atoms with Crippen molar-refractivity contribution in [2.75, 3.05) is 6.61 Å². The molecule has 1 aromatic carbocycles. The van der Waals surface area contributed by atoms with Gasteiger partial charge in [0.15, 0.2) is 0 Å². The minimum absolute atomic E-state index is 0.130. The summed E-state index contributed by atoms with van der Waals surface area (Å²) in [5, 5.41) is 2.62. The lowest BCUT2D eigenvalue weighted by Gasteiger charge is -2.27. The maximum atomic E-state index is 13.2. The smallest absolute Gasteiger partial charge is 0.417 e. The first-order valence-corrected chi connectivity index (χ1v) is 9.85. The molecule has 1 heterocycles. The fraction of sp³-hybridized carbons (Fsp3) is 0.500. The van der Waals surface area contributed by atoms with E-state index in [1.165, 1.54) is 0 Å². The van der Waals surface area contributed by atoms with E-state index in [1.54, 1.807) is 26.8 Å². The predicted molar refractivity (Wildman–Crippen MR) is 109 cm³/mol. The Hall–Kier alpha value is -2.83. The van der Waals surface area contributed by atoms with E-state index in [2.05, 4.69) is 11.9 Å². The largest absolute Gasteiger partial charge is 0.447 e. The summed E-state index contributed by atoms with van der Waals surface area (Å²) in [5.74, 6) is -0.483. The molecule has 3 amide bonds. The van der Waals surface area contributed by atoms with E-state index < -0.39 is 35.8 Å². The summed E-state index contributed by atoms with van der Waals surface area (Å²) in [6, 6.07) is 8.29. The molecular weight excluding hydrogens is 372 g/mol. The van der Waals surface area contributed by atoms with Crippen molar-refractivity contribution in [3.8, 4) is 0 Å². The van der Waals surface area contributed by atoms with Crippen LogP contribution < -0.4 is 5.32 Å². The minimum atomic E-state index is -0.881. The van der Waals surface area contributed by atoms with E-state index in [1.807, 2.05) is 30.3 Å². The molecule has 158 valence electrons. The van der Waals surface area contributed by atoms with Crippen LogP contribution in [-0.2, 0) is 20.7 Å². The SMILES string of the molecule is C=CCCC[C@H](NC(=O)OC(C)(C)C)C(=O)N1C(=O)OC[C@@H]1Cc1ccccc1. The van der Waals surface area contributed by atoms with Crippen molar-refractivity contribution in [3.63, 3.8) is 0 Å². The number of carbonyl (C=O) groups is 3. The Balaban J connectivity index is 2.14. The number of hydrogen-bond acceptors (Lipinski definition) is 5. The number of nitrogens with one attached hydrogen (secondary N) is 1. The molecule has 0 aromatic heterocycles. The summed E-state index contributed by atoms with van der Waals surface area (Å²) >= 11 is 0. The van der Waals surface area contributed by atoms with Gasteiger partial charge < -0.3 is 14.8 Å². The number of amides is 3. The quantitative estimate of drug-likeness (QED) is 0.528. The second-order valence-electron chi connectivity index (χ2n) is 8.05. The van der Waals surface area contributed by atoms with Crippen LogP contribution in [0, 0.1) is 0 Å². The molecule has 0 bridgehead atoms. The average molecular weight is 402 g/mol. The summed E-state index contributed by atoms with van der Waals surface area (Å²) in [5.41, 5.74) is 0.304. The van der Waals surface area contributed by atoms with Gasteiger partial charge in [-0.1, -0.05) is 36.4 Å². The van der Waals surface area contributed by atoms with Crippen LogP contribution >= 0.6 is 0 Å². The van der Waals surface area contributed by atoms with E-state index in [4.69, 9.17) is 9.47 Å². The first-order chi connectivity index (χ1) is 13.7. The fourth-order valence-corrected chi connectivity index (χ4v) is 3.11. The normalized spacial score (nSPS) is 17.4. The molecule has 1 aliphatic heterocycles. The van der Waals surface area contributed by atoms with Crippen LogP contribution in [0.2, 0.25) is 0 Å². The highest BCUT2D eigenvalue weighted by atomic mass is 16.6. The molecule has 0 unspecified atom stereocenters. The van der Waals surface area contributed by atoms with Gasteiger partial charge in [-0.2, -0.15) is 0 Å². The third-order valence-electron chi connectivity index (χ3n) is 4.40. The molecule has 1 saturated heterocycles. The van der Waals surface area contributed by atoms with Gasteiger partial charge in [-0.05, 0) is 52.0 Å². The van der Waals surface area contributed by atoms with Gasteiger partial charge in [-0.3, -0.25) is 4.79 Å². The molecule has 29 heavy (non-hydrogen) atoms. The van der Waals surface area contributed by atoms with Gasteiger partial charge in [0.25, 0.3) is 5.91 Å². The van der Waals surface area contributed by atoms with Crippen LogP contribution in [0.3, 0.4) is 0 Å². The molecule has 1 aliphatic rings. The Morgan fingerprint density at radius 1 is 1.34 bits per heavy atom.